The van der Waals surface area contributed by atoms with Gasteiger partial charge in [0.2, 0.25) is 0 Å². The molecule has 0 aliphatic heterocycles. The first-order valence-corrected chi connectivity index (χ1v) is 5.14. The van der Waals surface area contributed by atoms with E-state index in [1.165, 1.54) is 0 Å². The molecule has 16 heavy (non-hydrogen) atoms. The molecule has 0 saturated carbocycles. The normalized spacial score (nSPS) is 10.6. The lowest BCUT2D eigenvalue weighted by atomic mass is 10.3. The van der Waals surface area contributed by atoms with Crippen molar-refractivity contribution in [2.75, 3.05) is 7.11 Å². The van der Waals surface area contributed by atoms with E-state index in [9.17, 15) is 0 Å². The minimum absolute atomic E-state index is 0.421. The van der Waals surface area contributed by atoms with Crippen molar-refractivity contribution in [1.29, 1.82) is 0 Å². The Morgan fingerprint density at radius 3 is 3.00 bits per heavy atom. The zero-order chi connectivity index (χ0) is 11.5. The van der Waals surface area contributed by atoms with Gasteiger partial charge in [-0.1, -0.05) is 6.08 Å². The van der Waals surface area contributed by atoms with Crippen molar-refractivity contribution in [2.24, 2.45) is 5.73 Å². The summed E-state index contributed by atoms with van der Waals surface area (Å²) in [6, 6.07) is 5.82. The molecule has 0 bridgehead atoms. The monoisotopic (exact) mass is 217 g/mol. The third-order valence-electron chi connectivity index (χ3n) is 2.53. The van der Waals surface area contributed by atoms with E-state index in [1.807, 2.05) is 24.3 Å². The highest BCUT2D eigenvalue weighted by Gasteiger charge is 2.08. The van der Waals surface area contributed by atoms with Gasteiger partial charge < -0.3 is 15.0 Å². The summed E-state index contributed by atoms with van der Waals surface area (Å²) in [5.41, 5.74) is 7.63. The number of nitrogens with zero attached hydrogens (tertiary/aromatic N) is 2. The van der Waals surface area contributed by atoms with Crippen LogP contribution in [-0.2, 0) is 13.1 Å². The smallest absolute Gasteiger partial charge is 0.123 e. The molecule has 1 heterocycles. The topological polar surface area (TPSA) is 53.1 Å². The van der Waals surface area contributed by atoms with Crippen LogP contribution in [0.25, 0.3) is 11.0 Å². The van der Waals surface area contributed by atoms with E-state index in [0.29, 0.717) is 6.54 Å². The predicted octanol–water partition coefficient (Wildman–Crippen LogP) is 1.69. The zero-order valence-corrected chi connectivity index (χ0v) is 9.31. The number of hydrogen-bond acceptors (Lipinski definition) is 3. The second kappa shape index (κ2) is 4.37. The second-order valence-corrected chi connectivity index (χ2v) is 3.49. The Kier molecular flexibility index (Phi) is 2.92. The first-order chi connectivity index (χ1) is 7.80. The minimum atomic E-state index is 0.421. The van der Waals surface area contributed by atoms with Crippen LogP contribution in [-0.4, -0.2) is 16.7 Å². The van der Waals surface area contributed by atoms with Crippen molar-refractivity contribution in [3.8, 4) is 5.75 Å². The molecule has 84 valence electrons. The summed E-state index contributed by atoms with van der Waals surface area (Å²) in [6.07, 6.45) is 1.84. The van der Waals surface area contributed by atoms with E-state index < -0.39 is 0 Å². The van der Waals surface area contributed by atoms with Gasteiger partial charge in [0.15, 0.2) is 0 Å². The predicted molar refractivity (Wildman–Crippen MR) is 64.4 cm³/mol. The molecule has 0 unspecified atom stereocenters. The van der Waals surface area contributed by atoms with Crippen molar-refractivity contribution >= 4 is 11.0 Å². The van der Waals surface area contributed by atoms with E-state index in [-0.39, 0.29) is 0 Å². The number of methoxy groups -OCH3 is 1. The molecule has 2 N–H and O–H groups in total. The summed E-state index contributed by atoms with van der Waals surface area (Å²) in [5, 5.41) is 0. The number of nitrogens with two attached hydrogens (primary N) is 1. The maximum absolute atomic E-state index is 5.67. The van der Waals surface area contributed by atoms with Gasteiger partial charge in [-0.25, -0.2) is 4.98 Å². The Morgan fingerprint density at radius 2 is 2.38 bits per heavy atom. The molecule has 1 aromatic heterocycles. The lowest BCUT2D eigenvalue weighted by Gasteiger charge is -2.04. The van der Waals surface area contributed by atoms with Crippen molar-refractivity contribution in [3.05, 3.63) is 36.7 Å². The molecular formula is C12H15N3O. The van der Waals surface area contributed by atoms with Crippen LogP contribution in [0.15, 0.2) is 30.9 Å². The number of imidazole rings is 1. The van der Waals surface area contributed by atoms with E-state index >= 15 is 0 Å². The van der Waals surface area contributed by atoms with Crippen LogP contribution in [0.2, 0.25) is 0 Å². The van der Waals surface area contributed by atoms with Gasteiger partial charge in [0.05, 0.1) is 24.7 Å². The van der Waals surface area contributed by atoms with Crippen molar-refractivity contribution in [2.45, 2.75) is 13.1 Å². The quantitative estimate of drug-likeness (QED) is 0.793. The summed E-state index contributed by atoms with van der Waals surface area (Å²) in [7, 11) is 1.64. The van der Waals surface area contributed by atoms with Crippen LogP contribution >= 0.6 is 0 Å². The highest BCUT2D eigenvalue weighted by molar-refractivity contribution is 5.77. The van der Waals surface area contributed by atoms with Crippen LogP contribution in [0.1, 0.15) is 5.82 Å². The molecule has 0 spiro atoms. The fourth-order valence-corrected chi connectivity index (χ4v) is 1.78. The molecule has 4 nitrogen and oxygen atoms in total. The zero-order valence-electron chi connectivity index (χ0n) is 9.31. The molecular weight excluding hydrogens is 202 g/mol. The molecule has 0 atom stereocenters. The first kappa shape index (κ1) is 10.7. The number of fused-ring (bicyclic) bond motifs is 1. The summed E-state index contributed by atoms with van der Waals surface area (Å²) in [6.45, 7) is 4.88. The molecule has 1 aromatic carbocycles. The van der Waals surface area contributed by atoms with Gasteiger partial charge in [-0.05, 0) is 12.1 Å². The van der Waals surface area contributed by atoms with Crippen molar-refractivity contribution in [1.82, 2.24) is 9.55 Å². The van der Waals surface area contributed by atoms with Gasteiger partial charge in [0.1, 0.15) is 11.6 Å². The Morgan fingerprint density at radius 1 is 1.56 bits per heavy atom. The van der Waals surface area contributed by atoms with Crippen LogP contribution in [0.5, 0.6) is 5.75 Å². The van der Waals surface area contributed by atoms with Gasteiger partial charge in [-0.3, -0.25) is 0 Å². The number of hydrogen-bond donors (Lipinski definition) is 1. The van der Waals surface area contributed by atoms with Crippen LogP contribution in [0.4, 0.5) is 0 Å². The third-order valence-corrected chi connectivity index (χ3v) is 2.53. The summed E-state index contributed by atoms with van der Waals surface area (Å²) in [5.74, 6) is 1.67. The first-order valence-electron chi connectivity index (χ1n) is 5.14. The number of ether oxygens (including phenoxy) is 1. The molecule has 2 aromatic rings. The molecule has 2 rings (SSSR count). The SMILES string of the molecule is C=CCn1c(CN)nc2cc(OC)ccc21. The van der Waals surface area contributed by atoms with Crippen LogP contribution in [0.3, 0.4) is 0 Å². The average molecular weight is 217 g/mol. The van der Waals surface area contributed by atoms with E-state index in [4.69, 9.17) is 10.5 Å². The number of benzene rings is 1. The fourth-order valence-electron chi connectivity index (χ4n) is 1.78. The maximum atomic E-state index is 5.67. The Labute approximate surface area is 94.3 Å². The Bertz CT molecular complexity index is 516. The summed E-state index contributed by atoms with van der Waals surface area (Å²) in [4.78, 5) is 4.47. The molecule has 0 aliphatic rings. The highest BCUT2D eigenvalue weighted by atomic mass is 16.5. The number of aromatic nitrogens is 2. The molecule has 0 saturated heterocycles. The number of rotatable bonds is 4. The van der Waals surface area contributed by atoms with Gasteiger partial charge in [0, 0.05) is 12.6 Å². The van der Waals surface area contributed by atoms with E-state index in [1.54, 1.807) is 7.11 Å². The van der Waals surface area contributed by atoms with Crippen molar-refractivity contribution in [3.63, 3.8) is 0 Å². The van der Waals surface area contributed by atoms with Gasteiger partial charge >= 0.3 is 0 Å². The Hall–Kier alpha value is -1.81. The second-order valence-electron chi connectivity index (χ2n) is 3.49. The van der Waals surface area contributed by atoms with Gasteiger partial charge in [0.25, 0.3) is 0 Å². The fraction of sp³-hybridized carbons (Fsp3) is 0.250. The van der Waals surface area contributed by atoms with E-state index in [0.717, 1.165) is 29.2 Å². The van der Waals surface area contributed by atoms with E-state index in [2.05, 4.69) is 16.1 Å². The van der Waals surface area contributed by atoms with Gasteiger partial charge in [-0.15, -0.1) is 6.58 Å². The largest absolute Gasteiger partial charge is 0.497 e. The average Bonchev–Trinajstić information content (AvgIpc) is 2.67. The highest BCUT2D eigenvalue weighted by Crippen LogP contribution is 2.21. The standard InChI is InChI=1S/C12H15N3O/c1-3-6-15-11-5-4-9(16-2)7-10(11)14-12(15)8-13/h3-5,7H,1,6,8,13H2,2H3. The maximum Gasteiger partial charge on any atom is 0.123 e. The third kappa shape index (κ3) is 1.67. The summed E-state index contributed by atoms with van der Waals surface area (Å²) < 4.78 is 7.22. The molecule has 0 fully saturated rings. The van der Waals surface area contributed by atoms with Crippen LogP contribution in [0, 0.1) is 0 Å². The van der Waals surface area contributed by atoms with Crippen molar-refractivity contribution < 1.29 is 4.74 Å². The van der Waals surface area contributed by atoms with Crippen LogP contribution < -0.4 is 10.5 Å². The lowest BCUT2D eigenvalue weighted by Crippen LogP contribution is -2.07. The summed E-state index contributed by atoms with van der Waals surface area (Å²) >= 11 is 0. The number of allylic oxidation sites excluding steroid dienone is 1. The van der Waals surface area contributed by atoms with Gasteiger partial charge in [-0.2, -0.15) is 0 Å². The lowest BCUT2D eigenvalue weighted by molar-refractivity contribution is 0.415. The Balaban J connectivity index is 2.62. The molecule has 0 aliphatic carbocycles. The molecule has 4 heteroatoms. The minimum Gasteiger partial charge on any atom is -0.497 e. The molecule has 0 amide bonds. The molecule has 0 radical (unpaired) electrons.